The normalized spacial score (nSPS) is 21.6. The second kappa shape index (κ2) is 6.91. The van der Waals surface area contributed by atoms with Crippen LogP contribution in [-0.4, -0.2) is 29.2 Å². The molecule has 0 aromatic heterocycles. The van der Waals surface area contributed by atoms with E-state index in [9.17, 15) is 9.59 Å². The molecule has 1 aliphatic carbocycles. The van der Waals surface area contributed by atoms with E-state index in [1.165, 1.54) is 6.07 Å². The molecular formula is C14H18BrN3O3. The topological polar surface area (TPSA) is 104 Å². The van der Waals surface area contributed by atoms with E-state index in [2.05, 4.69) is 26.6 Å². The van der Waals surface area contributed by atoms with Gasteiger partial charge in [-0.05, 0) is 31.0 Å². The second-order valence-electron chi connectivity index (χ2n) is 5.15. The molecule has 2 rings (SSSR count). The largest absolute Gasteiger partial charge is 0.478 e. The van der Waals surface area contributed by atoms with Crippen LogP contribution in [0.15, 0.2) is 22.7 Å². The molecule has 2 unspecified atom stereocenters. The number of carboxylic acid groups (broad SMARTS) is 1. The van der Waals surface area contributed by atoms with Crippen LogP contribution in [-0.2, 0) is 0 Å². The molecule has 5 N–H and O–H groups in total. The number of amides is 2. The first-order chi connectivity index (χ1) is 9.97. The summed E-state index contributed by atoms with van der Waals surface area (Å²) < 4.78 is 0.639. The van der Waals surface area contributed by atoms with Gasteiger partial charge in [-0.3, -0.25) is 0 Å². The van der Waals surface area contributed by atoms with Crippen molar-refractivity contribution in [1.29, 1.82) is 0 Å². The van der Waals surface area contributed by atoms with Crippen molar-refractivity contribution in [2.45, 2.75) is 37.8 Å². The second-order valence-corrected chi connectivity index (χ2v) is 6.06. The Hall–Kier alpha value is -1.60. The van der Waals surface area contributed by atoms with Crippen LogP contribution in [0.5, 0.6) is 0 Å². The Labute approximate surface area is 131 Å². The zero-order valence-electron chi connectivity index (χ0n) is 11.4. The number of halogens is 1. The minimum atomic E-state index is -1.10. The lowest BCUT2D eigenvalue weighted by atomic mass is 9.91. The average Bonchev–Trinajstić information content (AvgIpc) is 2.43. The fourth-order valence-electron chi connectivity index (χ4n) is 2.47. The van der Waals surface area contributed by atoms with E-state index >= 15 is 0 Å². The van der Waals surface area contributed by atoms with Crippen molar-refractivity contribution in [3.63, 3.8) is 0 Å². The van der Waals surface area contributed by atoms with Gasteiger partial charge in [0.2, 0.25) is 0 Å². The van der Waals surface area contributed by atoms with E-state index in [1.807, 2.05) is 0 Å². The summed E-state index contributed by atoms with van der Waals surface area (Å²) in [7, 11) is 0. The number of carboxylic acids is 1. The van der Waals surface area contributed by atoms with Crippen LogP contribution in [0.3, 0.4) is 0 Å². The third-order valence-corrected chi connectivity index (χ3v) is 4.09. The van der Waals surface area contributed by atoms with Crippen LogP contribution >= 0.6 is 15.9 Å². The van der Waals surface area contributed by atoms with Crippen LogP contribution in [0.1, 0.15) is 36.0 Å². The van der Waals surface area contributed by atoms with Gasteiger partial charge in [-0.15, -0.1) is 0 Å². The van der Waals surface area contributed by atoms with Gasteiger partial charge >= 0.3 is 12.0 Å². The number of urea groups is 1. The van der Waals surface area contributed by atoms with Gasteiger partial charge < -0.3 is 21.5 Å². The van der Waals surface area contributed by atoms with Crippen molar-refractivity contribution < 1.29 is 14.7 Å². The smallest absolute Gasteiger partial charge is 0.337 e. The summed E-state index contributed by atoms with van der Waals surface area (Å²) in [6.45, 7) is 0. The van der Waals surface area contributed by atoms with Gasteiger partial charge in [-0.25, -0.2) is 9.59 Å². The van der Waals surface area contributed by atoms with Crippen LogP contribution in [0.4, 0.5) is 10.5 Å². The standard InChI is InChI=1S/C14H18BrN3O3/c15-8-5-6-11(9(7-8)13(19)20)17-14(21)18-12-4-2-1-3-10(12)16/h5-7,10,12H,1-4,16H2,(H,19,20)(H2,17,18,21). The lowest BCUT2D eigenvalue weighted by Gasteiger charge is -2.29. The summed E-state index contributed by atoms with van der Waals surface area (Å²) in [5.74, 6) is -1.10. The first-order valence-corrected chi connectivity index (χ1v) is 7.62. The molecule has 114 valence electrons. The Morgan fingerprint density at radius 2 is 2.00 bits per heavy atom. The molecule has 7 heteroatoms. The highest BCUT2D eigenvalue weighted by molar-refractivity contribution is 9.10. The number of hydrogen-bond acceptors (Lipinski definition) is 3. The number of carbonyl (C=O) groups is 2. The van der Waals surface area contributed by atoms with Gasteiger partial charge in [0.05, 0.1) is 11.3 Å². The van der Waals surface area contributed by atoms with Gasteiger partial charge in [-0.2, -0.15) is 0 Å². The fraction of sp³-hybridized carbons (Fsp3) is 0.429. The van der Waals surface area contributed by atoms with Crippen molar-refractivity contribution in [1.82, 2.24) is 5.32 Å². The lowest BCUT2D eigenvalue weighted by Crippen LogP contribution is -2.50. The molecule has 0 saturated heterocycles. The predicted molar refractivity (Wildman–Crippen MR) is 83.5 cm³/mol. The van der Waals surface area contributed by atoms with E-state index < -0.39 is 12.0 Å². The zero-order valence-corrected chi connectivity index (χ0v) is 13.0. The Morgan fingerprint density at radius 1 is 1.29 bits per heavy atom. The zero-order chi connectivity index (χ0) is 15.4. The molecule has 1 saturated carbocycles. The first-order valence-electron chi connectivity index (χ1n) is 6.83. The van der Waals surface area contributed by atoms with Crippen molar-refractivity contribution in [3.05, 3.63) is 28.2 Å². The van der Waals surface area contributed by atoms with Gasteiger partial charge in [0.1, 0.15) is 0 Å². The van der Waals surface area contributed by atoms with Gasteiger partial charge in [-0.1, -0.05) is 28.8 Å². The van der Waals surface area contributed by atoms with Crippen LogP contribution in [0, 0.1) is 0 Å². The third kappa shape index (κ3) is 4.18. The molecule has 21 heavy (non-hydrogen) atoms. The number of hydrogen-bond donors (Lipinski definition) is 4. The lowest BCUT2D eigenvalue weighted by molar-refractivity contribution is 0.0698. The van der Waals surface area contributed by atoms with E-state index in [0.717, 1.165) is 25.7 Å². The molecule has 0 bridgehead atoms. The molecule has 1 aromatic carbocycles. The van der Waals surface area contributed by atoms with Crippen LogP contribution in [0.2, 0.25) is 0 Å². The Kier molecular flexibility index (Phi) is 5.19. The maximum Gasteiger partial charge on any atom is 0.337 e. The highest BCUT2D eigenvalue weighted by Crippen LogP contribution is 2.21. The summed E-state index contributed by atoms with van der Waals surface area (Å²) >= 11 is 3.21. The summed E-state index contributed by atoms with van der Waals surface area (Å²) in [5, 5.41) is 14.6. The molecule has 0 heterocycles. The number of rotatable bonds is 3. The number of anilines is 1. The number of nitrogens with one attached hydrogen (secondary N) is 2. The summed E-state index contributed by atoms with van der Waals surface area (Å²) in [4.78, 5) is 23.2. The van der Waals surface area contributed by atoms with Gasteiger partial charge in [0, 0.05) is 16.6 Å². The molecule has 0 aliphatic heterocycles. The summed E-state index contributed by atoms with van der Waals surface area (Å²) in [6.07, 6.45) is 3.86. The number of benzene rings is 1. The van der Waals surface area contributed by atoms with E-state index in [1.54, 1.807) is 12.1 Å². The van der Waals surface area contributed by atoms with Crippen molar-refractivity contribution in [2.24, 2.45) is 5.73 Å². The van der Waals surface area contributed by atoms with Crippen LogP contribution < -0.4 is 16.4 Å². The van der Waals surface area contributed by atoms with E-state index in [-0.39, 0.29) is 23.3 Å². The maximum absolute atomic E-state index is 12.0. The quantitative estimate of drug-likeness (QED) is 0.668. The van der Waals surface area contributed by atoms with Crippen LogP contribution in [0.25, 0.3) is 0 Å². The molecule has 2 atom stereocenters. The monoisotopic (exact) mass is 355 g/mol. The first kappa shape index (κ1) is 15.8. The van der Waals surface area contributed by atoms with Crippen molar-refractivity contribution in [3.8, 4) is 0 Å². The Balaban J connectivity index is 2.04. The number of aromatic carboxylic acids is 1. The van der Waals surface area contributed by atoms with Gasteiger partial charge in [0.15, 0.2) is 0 Å². The summed E-state index contributed by atoms with van der Waals surface area (Å²) in [6, 6.07) is 4.13. The molecular weight excluding hydrogens is 338 g/mol. The Bertz CT molecular complexity index is 550. The summed E-state index contributed by atoms with van der Waals surface area (Å²) in [5.41, 5.74) is 6.27. The number of carbonyl (C=O) groups excluding carboxylic acids is 1. The van der Waals surface area contributed by atoms with Crippen molar-refractivity contribution >= 4 is 33.6 Å². The molecule has 0 spiro atoms. The molecule has 1 aliphatic rings. The average molecular weight is 356 g/mol. The van der Waals surface area contributed by atoms with Crippen molar-refractivity contribution in [2.75, 3.05) is 5.32 Å². The SMILES string of the molecule is NC1CCCCC1NC(=O)Nc1ccc(Br)cc1C(=O)O. The molecule has 0 radical (unpaired) electrons. The highest BCUT2D eigenvalue weighted by atomic mass is 79.9. The minimum absolute atomic E-state index is 0.0347. The maximum atomic E-state index is 12.0. The minimum Gasteiger partial charge on any atom is -0.478 e. The predicted octanol–water partition coefficient (Wildman–Crippen LogP) is 2.54. The van der Waals surface area contributed by atoms with Gasteiger partial charge in [0.25, 0.3) is 0 Å². The van der Waals surface area contributed by atoms with E-state index in [0.29, 0.717) is 4.47 Å². The number of nitrogens with two attached hydrogens (primary N) is 1. The Morgan fingerprint density at radius 3 is 2.67 bits per heavy atom. The molecule has 1 fully saturated rings. The molecule has 6 nitrogen and oxygen atoms in total. The fourth-order valence-corrected chi connectivity index (χ4v) is 2.83. The third-order valence-electron chi connectivity index (χ3n) is 3.60. The van der Waals surface area contributed by atoms with E-state index in [4.69, 9.17) is 10.8 Å². The molecule has 1 aromatic rings. The molecule has 2 amide bonds. The highest BCUT2D eigenvalue weighted by Gasteiger charge is 2.23.